The summed E-state index contributed by atoms with van der Waals surface area (Å²) in [7, 11) is 1.70. The number of nitrogens with zero attached hydrogens (tertiary/aromatic N) is 2. The Morgan fingerprint density at radius 3 is 2.49 bits per heavy atom. The van der Waals surface area contributed by atoms with Crippen molar-refractivity contribution in [3.8, 4) is 0 Å². The van der Waals surface area contributed by atoms with E-state index in [-0.39, 0.29) is 18.5 Å². The van der Waals surface area contributed by atoms with Crippen molar-refractivity contribution in [2.45, 2.75) is 43.1 Å². The summed E-state index contributed by atoms with van der Waals surface area (Å²) >= 11 is 0. The largest absolute Gasteiger partial charge is 0.392 e. The zero-order valence-electron chi connectivity index (χ0n) is 19.9. The van der Waals surface area contributed by atoms with Gasteiger partial charge in [0.05, 0.1) is 17.8 Å². The topological polar surface area (TPSA) is 55.8 Å². The molecule has 1 aliphatic carbocycles. The molecule has 35 heavy (non-hydrogen) atoms. The molecule has 0 radical (unpaired) electrons. The monoisotopic (exact) mass is 471 g/mol. The number of fused-ring (bicyclic) bond motifs is 1. The first-order valence-electron chi connectivity index (χ1n) is 12.4. The number of amides is 1. The number of allylic oxidation sites excluding steroid dienone is 1. The second kappa shape index (κ2) is 8.18. The van der Waals surface area contributed by atoms with Gasteiger partial charge in [-0.2, -0.15) is 0 Å². The van der Waals surface area contributed by atoms with Gasteiger partial charge in [-0.3, -0.25) is 9.69 Å². The maximum absolute atomic E-state index is 16.3. The summed E-state index contributed by atoms with van der Waals surface area (Å²) in [5.41, 5.74) is 1.64. The van der Waals surface area contributed by atoms with E-state index in [4.69, 9.17) is 0 Å². The van der Waals surface area contributed by atoms with Gasteiger partial charge in [-0.25, -0.2) is 4.39 Å². The maximum atomic E-state index is 16.3. The summed E-state index contributed by atoms with van der Waals surface area (Å²) in [6.07, 6.45) is 0.788. The molecule has 2 heterocycles. The third-order valence-electron chi connectivity index (χ3n) is 8.12. The van der Waals surface area contributed by atoms with Gasteiger partial charge in [0.1, 0.15) is 0 Å². The van der Waals surface area contributed by atoms with Gasteiger partial charge in [0.2, 0.25) is 5.67 Å². The fourth-order valence-corrected chi connectivity index (χ4v) is 6.40. The van der Waals surface area contributed by atoms with Gasteiger partial charge < -0.3 is 15.3 Å². The number of benzene rings is 3. The smallest absolute Gasteiger partial charge is 0.270 e. The Morgan fingerprint density at radius 2 is 1.77 bits per heavy atom. The van der Waals surface area contributed by atoms with Crippen LogP contribution in [-0.4, -0.2) is 42.1 Å². The number of nitrogens with one attached hydrogen (secondary N) is 1. The standard InChI is InChI=1S/C29H30FN3O2/c1-18(31-2)17-29(30)23-11-3-4-12-24(23)33(28(29)35)20-13-15-32(16-14-20)26-21-9-5-7-19-8-6-10-22(25(19)21)27(26)34/h3-12,20,26-27,31,34H,1,13-17H2,2H3/t26-,27-,29?/m0/s1. The lowest BCUT2D eigenvalue weighted by Gasteiger charge is -2.41. The molecule has 3 aromatic rings. The van der Waals surface area contributed by atoms with Crippen LogP contribution in [-0.2, 0) is 10.5 Å². The molecule has 0 bridgehead atoms. The first-order valence-corrected chi connectivity index (χ1v) is 12.4. The number of aliphatic hydroxyl groups is 1. The van der Waals surface area contributed by atoms with Crippen molar-refractivity contribution in [1.82, 2.24) is 10.2 Å². The molecule has 3 aromatic carbocycles. The molecule has 1 fully saturated rings. The number of hydrogen-bond donors (Lipinski definition) is 2. The molecule has 0 aromatic heterocycles. The number of piperidine rings is 1. The van der Waals surface area contributed by atoms with Crippen molar-refractivity contribution in [3.05, 3.63) is 89.6 Å². The summed E-state index contributed by atoms with van der Waals surface area (Å²) < 4.78 is 16.3. The van der Waals surface area contributed by atoms with Gasteiger partial charge in [-0.05, 0) is 40.8 Å². The number of likely N-dealkylation sites (tertiary alicyclic amines) is 1. The predicted octanol–water partition coefficient (Wildman–Crippen LogP) is 4.73. The zero-order valence-corrected chi connectivity index (χ0v) is 19.9. The molecular formula is C29H30FN3O2. The van der Waals surface area contributed by atoms with Crippen LogP contribution < -0.4 is 10.2 Å². The predicted molar refractivity (Wildman–Crippen MR) is 136 cm³/mol. The highest BCUT2D eigenvalue weighted by Gasteiger charge is 2.54. The molecule has 0 saturated carbocycles. The molecule has 6 rings (SSSR count). The minimum Gasteiger partial charge on any atom is -0.392 e. The minimum atomic E-state index is -2.10. The first-order chi connectivity index (χ1) is 16.9. The van der Waals surface area contributed by atoms with Crippen LogP contribution in [0.15, 0.2) is 72.9 Å². The minimum absolute atomic E-state index is 0.0782. The molecule has 3 atom stereocenters. The van der Waals surface area contributed by atoms with Crippen LogP contribution in [0.4, 0.5) is 10.1 Å². The Hall–Kier alpha value is -3.22. The van der Waals surface area contributed by atoms with E-state index in [9.17, 15) is 9.90 Å². The lowest BCUT2D eigenvalue weighted by atomic mass is 9.92. The summed E-state index contributed by atoms with van der Waals surface area (Å²) in [5.74, 6) is -0.494. The van der Waals surface area contributed by atoms with Crippen LogP contribution >= 0.6 is 0 Å². The zero-order chi connectivity index (χ0) is 24.3. The van der Waals surface area contributed by atoms with Crippen molar-refractivity contribution < 1.29 is 14.3 Å². The van der Waals surface area contributed by atoms with Crippen molar-refractivity contribution in [3.63, 3.8) is 0 Å². The Kier molecular flexibility index (Phi) is 5.20. The highest BCUT2D eigenvalue weighted by Crippen LogP contribution is 2.50. The number of rotatable bonds is 5. The van der Waals surface area contributed by atoms with Crippen LogP contribution in [0.3, 0.4) is 0 Å². The molecule has 1 amide bonds. The number of aliphatic hydroxyl groups excluding tert-OH is 1. The van der Waals surface area contributed by atoms with E-state index in [1.165, 1.54) is 5.56 Å². The molecule has 3 aliphatic rings. The van der Waals surface area contributed by atoms with Crippen LogP contribution in [0.25, 0.3) is 10.8 Å². The van der Waals surface area contributed by atoms with Gasteiger partial charge in [-0.1, -0.05) is 61.2 Å². The number of para-hydroxylation sites is 1. The van der Waals surface area contributed by atoms with Crippen LogP contribution in [0, 0.1) is 0 Å². The SMILES string of the molecule is C=C(CC1(F)C(=O)N(C2CCN([C@H]3c4cccc5cccc(c45)[C@@H]3O)CC2)c2ccccc21)NC. The molecule has 2 aliphatic heterocycles. The van der Waals surface area contributed by atoms with E-state index in [2.05, 4.69) is 41.1 Å². The summed E-state index contributed by atoms with van der Waals surface area (Å²) in [5, 5.41) is 16.4. The normalized spacial score (nSPS) is 26.4. The molecule has 6 heteroatoms. The fraction of sp³-hybridized carbons (Fsp3) is 0.345. The van der Waals surface area contributed by atoms with Crippen molar-refractivity contribution in [2.75, 3.05) is 25.0 Å². The average Bonchev–Trinajstić information content (AvgIpc) is 3.29. The first kappa shape index (κ1) is 22.3. The highest BCUT2D eigenvalue weighted by atomic mass is 19.1. The van der Waals surface area contributed by atoms with E-state index in [1.807, 2.05) is 24.3 Å². The van der Waals surface area contributed by atoms with E-state index < -0.39 is 17.7 Å². The van der Waals surface area contributed by atoms with E-state index in [1.54, 1.807) is 24.1 Å². The van der Waals surface area contributed by atoms with Crippen molar-refractivity contribution in [1.29, 1.82) is 0 Å². The maximum Gasteiger partial charge on any atom is 0.270 e. The van der Waals surface area contributed by atoms with Gasteiger partial charge in [0.15, 0.2) is 0 Å². The van der Waals surface area contributed by atoms with Gasteiger partial charge in [0, 0.05) is 43.9 Å². The van der Waals surface area contributed by atoms with Crippen LogP contribution in [0.2, 0.25) is 0 Å². The lowest BCUT2D eigenvalue weighted by Crippen LogP contribution is -2.50. The number of hydrogen-bond acceptors (Lipinski definition) is 4. The van der Waals surface area contributed by atoms with E-state index >= 15 is 4.39 Å². The Morgan fingerprint density at radius 1 is 1.09 bits per heavy atom. The molecule has 1 unspecified atom stereocenters. The van der Waals surface area contributed by atoms with Gasteiger partial charge in [0.25, 0.3) is 5.91 Å². The number of alkyl halides is 1. The fourth-order valence-electron chi connectivity index (χ4n) is 6.40. The number of carbonyl (C=O) groups is 1. The van der Waals surface area contributed by atoms with Crippen LogP contribution in [0.5, 0.6) is 0 Å². The third kappa shape index (κ3) is 3.23. The van der Waals surface area contributed by atoms with Crippen molar-refractivity contribution >= 4 is 22.4 Å². The van der Waals surface area contributed by atoms with Crippen LogP contribution in [0.1, 0.15) is 48.1 Å². The summed E-state index contributed by atoms with van der Waals surface area (Å²) in [6.45, 7) is 5.32. The Balaban J connectivity index is 1.25. The second-order valence-corrected chi connectivity index (χ2v) is 9.97. The third-order valence-corrected chi connectivity index (χ3v) is 8.12. The lowest BCUT2D eigenvalue weighted by molar-refractivity contribution is -0.130. The average molecular weight is 472 g/mol. The molecular weight excluding hydrogens is 441 g/mol. The molecule has 2 N–H and O–H groups in total. The molecule has 180 valence electrons. The number of halogens is 1. The Labute approximate surface area is 204 Å². The molecule has 0 spiro atoms. The number of anilines is 1. The van der Waals surface area contributed by atoms with E-state index in [0.29, 0.717) is 16.9 Å². The Bertz CT molecular complexity index is 1330. The number of carbonyl (C=O) groups excluding carboxylic acids is 1. The second-order valence-electron chi connectivity index (χ2n) is 9.97. The molecule has 1 saturated heterocycles. The summed E-state index contributed by atoms with van der Waals surface area (Å²) in [6, 6.07) is 19.4. The van der Waals surface area contributed by atoms with E-state index in [0.717, 1.165) is 42.3 Å². The highest BCUT2D eigenvalue weighted by molar-refractivity contribution is 6.07. The molecule has 5 nitrogen and oxygen atoms in total. The van der Waals surface area contributed by atoms with Crippen molar-refractivity contribution in [2.24, 2.45) is 0 Å². The van der Waals surface area contributed by atoms with Gasteiger partial charge in [-0.15, -0.1) is 0 Å². The quantitative estimate of drug-likeness (QED) is 0.565. The van der Waals surface area contributed by atoms with Gasteiger partial charge >= 0.3 is 0 Å². The summed E-state index contributed by atoms with van der Waals surface area (Å²) in [4.78, 5) is 17.5.